The van der Waals surface area contributed by atoms with Crippen LogP contribution in [0.25, 0.3) is 11.0 Å². The van der Waals surface area contributed by atoms with E-state index in [1.807, 2.05) is 6.92 Å². The van der Waals surface area contributed by atoms with Crippen molar-refractivity contribution in [1.82, 2.24) is 18.9 Å². The van der Waals surface area contributed by atoms with Gasteiger partial charge in [0.05, 0.1) is 11.0 Å². The van der Waals surface area contributed by atoms with Gasteiger partial charge in [0.1, 0.15) is 5.56 Å². The summed E-state index contributed by atoms with van der Waals surface area (Å²) in [6.07, 6.45) is 1.40. The van der Waals surface area contributed by atoms with E-state index in [-0.39, 0.29) is 22.6 Å². The molecule has 0 unspecified atom stereocenters. The Morgan fingerprint density at radius 3 is 2.50 bits per heavy atom. The molecule has 1 aromatic carbocycles. The summed E-state index contributed by atoms with van der Waals surface area (Å²) in [5.74, 6) is -0.359. The number of aryl methyl sites for hydroxylation is 3. The molecular formula is C15H16N4O3. The number of carbonyl (C=O) groups is 1. The molecule has 3 rings (SSSR count). The number of benzene rings is 1. The first kappa shape index (κ1) is 14.1. The highest BCUT2D eigenvalue weighted by Crippen LogP contribution is 2.16. The Labute approximate surface area is 125 Å². The molecule has 1 N–H and O–H groups in total. The minimum Gasteiger partial charge on any atom is -0.302 e. The van der Waals surface area contributed by atoms with E-state index in [1.54, 1.807) is 41.4 Å². The second kappa shape index (κ2) is 4.87. The van der Waals surface area contributed by atoms with Crippen molar-refractivity contribution in [3.63, 3.8) is 0 Å². The van der Waals surface area contributed by atoms with E-state index in [0.29, 0.717) is 17.6 Å². The fraction of sp³-hybridized carbons (Fsp3) is 0.267. The molecule has 0 amide bonds. The van der Waals surface area contributed by atoms with E-state index in [9.17, 15) is 14.4 Å². The van der Waals surface area contributed by atoms with Crippen LogP contribution in [0, 0.1) is 0 Å². The standard InChI is InChI=1S/C15H16N4O3/c1-4-19-12-7-9(5-6-11(12)17(2)15(19)22)13(20)10-8-16-18(3)14(10)21/h5-8,16H,4H2,1-3H3. The van der Waals surface area contributed by atoms with Gasteiger partial charge in [-0.25, -0.2) is 4.79 Å². The highest BCUT2D eigenvalue weighted by Gasteiger charge is 2.17. The molecule has 0 aliphatic carbocycles. The highest BCUT2D eigenvalue weighted by molar-refractivity contribution is 6.10. The molecule has 2 aromatic heterocycles. The lowest BCUT2D eigenvalue weighted by molar-refractivity contribution is 0.103. The summed E-state index contributed by atoms with van der Waals surface area (Å²) < 4.78 is 4.39. The van der Waals surface area contributed by atoms with Crippen LogP contribution in [-0.4, -0.2) is 24.7 Å². The Kier molecular flexibility index (Phi) is 3.13. The van der Waals surface area contributed by atoms with Crippen molar-refractivity contribution in [2.75, 3.05) is 0 Å². The molecule has 0 saturated carbocycles. The average Bonchev–Trinajstić information content (AvgIpc) is 2.97. The van der Waals surface area contributed by atoms with Gasteiger partial charge < -0.3 is 5.10 Å². The molecule has 0 aliphatic rings. The lowest BCUT2D eigenvalue weighted by Gasteiger charge is -2.01. The Hall–Kier alpha value is -2.83. The van der Waals surface area contributed by atoms with Gasteiger partial charge in [-0.3, -0.25) is 23.4 Å². The molecule has 0 radical (unpaired) electrons. The smallest absolute Gasteiger partial charge is 0.302 e. The van der Waals surface area contributed by atoms with Crippen LogP contribution in [0.5, 0.6) is 0 Å². The molecule has 0 saturated heterocycles. The van der Waals surface area contributed by atoms with Crippen molar-refractivity contribution >= 4 is 16.8 Å². The van der Waals surface area contributed by atoms with E-state index < -0.39 is 0 Å². The Balaban J connectivity index is 2.21. The van der Waals surface area contributed by atoms with Gasteiger partial charge in [-0.1, -0.05) is 0 Å². The molecule has 0 aliphatic heterocycles. The van der Waals surface area contributed by atoms with Crippen molar-refractivity contribution < 1.29 is 4.79 Å². The third-order valence-electron chi connectivity index (χ3n) is 3.91. The lowest BCUT2D eigenvalue weighted by Crippen LogP contribution is -2.21. The van der Waals surface area contributed by atoms with Crippen LogP contribution >= 0.6 is 0 Å². The SMILES string of the molecule is CCn1c(=O)n(C)c2ccc(C(=O)c3c[nH]n(C)c3=O)cc21. The first-order valence-electron chi connectivity index (χ1n) is 6.94. The van der Waals surface area contributed by atoms with Gasteiger partial charge >= 0.3 is 5.69 Å². The van der Waals surface area contributed by atoms with Crippen molar-refractivity contribution in [1.29, 1.82) is 0 Å². The van der Waals surface area contributed by atoms with E-state index in [0.717, 1.165) is 5.52 Å². The maximum absolute atomic E-state index is 12.5. The van der Waals surface area contributed by atoms with Gasteiger partial charge in [0.25, 0.3) is 5.56 Å². The van der Waals surface area contributed by atoms with Crippen molar-refractivity contribution in [2.45, 2.75) is 13.5 Å². The molecule has 2 heterocycles. The molecule has 0 spiro atoms. The fourth-order valence-electron chi connectivity index (χ4n) is 2.64. The normalized spacial score (nSPS) is 11.2. The van der Waals surface area contributed by atoms with Crippen LogP contribution in [0.1, 0.15) is 22.8 Å². The molecule has 114 valence electrons. The second-order valence-electron chi connectivity index (χ2n) is 5.17. The average molecular weight is 300 g/mol. The Morgan fingerprint density at radius 1 is 1.18 bits per heavy atom. The number of ketones is 1. The summed E-state index contributed by atoms with van der Waals surface area (Å²) in [6.45, 7) is 2.39. The fourth-order valence-corrected chi connectivity index (χ4v) is 2.64. The zero-order valence-electron chi connectivity index (χ0n) is 12.6. The molecule has 0 atom stereocenters. The van der Waals surface area contributed by atoms with Crippen LogP contribution in [0.2, 0.25) is 0 Å². The largest absolute Gasteiger partial charge is 0.328 e. The van der Waals surface area contributed by atoms with Gasteiger partial charge in [-0.05, 0) is 25.1 Å². The van der Waals surface area contributed by atoms with Crippen LogP contribution < -0.4 is 11.2 Å². The molecule has 0 fully saturated rings. The van der Waals surface area contributed by atoms with Crippen molar-refractivity contribution in [2.24, 2.45) is 14.1 Å². The maximum Gasteiger partial charge on any atom is 0.328 e. The van der Waals surface area contributed by atoms with Crippen LogP contribution in [0.3, 0.4) is 0 Å². The van der Waals surface area contributed by atoms with Crippen LogP contribution in [0.4, 0.5) is 0 Å². The number of aromatic amines is 1. The number of H-pyrrole nitrogens is 1. The minimum atomic E-state index is -0.369. The van der Waals surface area contributed by atoms with E-state index >= 15 is 0 Å². The lowest BCUT2D eigenvalue weighted by atomic mass is 10.1. The van der Waals surface area contributed by atoms with Gasteiger partial charge in [-0.2, -0.15) is 0 Å². The second-order valence-corrected chi connectivity index (χ2v) is 5.17. The van der Waals surface area contributed by atoms with Crippen molar-refractivity contribution in [3.8, 4) is 0 Å². The topological polar surface area (TPSA) is 81.8 Å². The third-order valence-corrected chi connectivity index (χ3v) is 3.91. The van der Waals surface area contributed by atoms with Gasteiger partial charge in [-0.15, -0.1) is 0 Å². The summed E-state index contributed by atoms with van der Waals surface area (Å²) >= 11 is 0. The van der Waals surface area contributed by atoms with E-state index in [4.69, 9.17) is 0 Å². The predicted octanol–water partition coefficient (Wildman–Crippen LogP) is 0.618. The summed E-state index contributed by atoms with van der Waals surface area (Å²) in [6, 6.07) is 5.03. The minimum absolute atomic E-state index is 0.0863. The first-order valence-corrected chi connectivity index (χ1v) is 6.94. The predicted molar refractivity (Wildman–Crippen MR) is 82.3 cm³/mol. The number of carbonyl (C=O) groups excluding carboxylic acids is 1. The number of aromatic nitrogens is 4. The molecular weight excluding hydrogens is 284 g/mol. The molecule has 22 heavy (non-hydrogen) atoms. The van der Waals surface area contributed by atoms with Gasteiger partial charge in [0, 0.05) is 32.4 Å². The number of rotatable bonds is 3. The number of fused-ring (bicyclic) bond motifs is 1. The zero-order valence-corrected chi connectivity index (χ0v) is 12.6. The maximum atomic E-state index is 12.5. The summed E-state index contributed by atoms with van der Waals surface area (Å²) in [4.78, 5) is 36.5. The monoisotopic (exact) mass is 300 g/mol. The molecule has 7 nitrogen and oxygen atoms in total. The van der Waals surface area contributed by atoms with Crippen molar-refractivity contribution in [3.05, 3.63) is 56.4 Å². The molecule has 0 bridgehead atoms. The number of nitrogens with one attached hydrogen (secondary N) is 1. The van der Waals surface area contributed by atoms with E-state index in [2.05, 4.69) is 5.10 Å². The Bertz CT molecular complexity index is 1000. The van der Waals surface area contributed by atoms with Crippen LogP contribution in [0.15, 0.2) is 34.0 Å². The summed E-state index contributed by atoms with van der Waals surface area (Å²) in [5, 5.41) is 2.68. The molecule has 7 heteroatoms. The third kappa shape index (κ3) is 1.86. The number of nitrogens with zero attached hydrogens (tertiary/aromatic N) is 3. The number of hydrogen-bond donors (Lipinski definition) is 1. The van der Waals surface area contributed by atoms with Gasteiger partial charge in [0.2, 0.25) is 0 Å². The summed E-state index contributed by atoms with van der Waals surface area (Å²) in [7, 11) is 3.24. The molecule has 3 aromatic rings. The van der Waals surface area contributed by atoms with Gasteiger partial charge in [0.15, 0.2) is 5.78 Å². The zero-order chi connectivity index (χ0) is 16.0. The number of imidazole rings is 1. The highest BCUT2D eigenvalue weighted by atomic mass is 16.2. The van der Waals surface area contributed by atoms with Crippen LogP contribution in [-0.2, 0) is 20.6 Å². The summed E-state index contributed by atoms with van der Waals surface area (Å²) in [5.41, 5.74) is 1.42. The Morgan fingerprint density at radius 2 is 1.91 bits per heavy atom. The quantitative estimate of drug-likeness (QED) is 0.720. The number of hydrogen-bond acceptors (Lipinski definition) is 3. The van der Waals surface area contributed by atoms with E-state index in [1.165, 1.54) is 10.9 Å². The first-order chi connectivity index (χ1) is 10.5.